The highest BCUT2D eigenvalue weighted by Crippen LogP contribution is 2.32. The van der Waals surface area contributed by atoms with E-state index in [9.17, 15) is 22.8 Å². The number of carbonyl (C=O) groups excluding carboxylic acids is 2. The first kappa shape index (κ1) is 24.3. The number of amides is 2. The predicted molar refractivity (Wildman–Crippen MR) is 102 cm³/mol. The lowest BCUT2D eigenvalue weighted by Crippen LogP contribution is -2.50. The number of hydrazine groups is 1. The summed E-state index contributed by atoms with van der Waals surface area (Å²) in [6, 6.07) is 0.0942. The summed E-state index contributed by atoms with van der Waals surface area (Å²) in [6.07, 6.45) is -3.00. The van der Waals surface area contributed by atoms with E-state index in [1.807, 2.05) is 0 Å². The molecule has 0 aliphatic rings. The van der Waals surface area contributed by atoms with Crippen molar-refractivity contribution in [3.8, 4) is 0 Å². The zero-order valence-electron chi connectivity index (χ0n) is 16.6. The molecule has 0 atom stereocenters. The Morgan fingerprint density at radius 1 is 1.31 bits per heavy atom. The zero-order valence-corrected chi connectivity index (χ0v) is 17.3. The molecule has 0 fully saturated rings. The average molecular weight is 438 g/mol. The third-order valence-electron chi connectivity index (χ3n) is 3.04. The summed E-state index contributed by atoms with van der Waals surface area (Å²) in [7, 11) is 1.39. The van der Waals surface area contributed by atoms with E-state index in [2.05, 4.69) is 21.0 Å². The molecule has 0 spiro atoms. The Bertz CT molecular complexity index is 779. The summed E-state index contributed by atoms with van der Waals surface area (Å²) in [6.45, 7) is 6.99. The van der Waals surface area contributed by atoms with Crippen LogP contribution in [0.15, 0.2) is 24.2 Å². The van der Waals surface area contributed by atoms with E-state index in [0.717, 1.165) is 17.2 Å². The van der Waals surface area contributed by atoms with Crippen LogP contribution in [0.1, 0.15) is 33.3 Å². The van der Waals surface area contributed by atoms with Gasteiger partial charge in [-0.15, -0.1) is 0 Å². The molecular formula is C17H23ClF3N5O3. The number of aromatic nitrogens is 1. The maximum absolute atomic E-state index is 12.8. The Labute approximate surface area is 171 Å². The Kier molecular flexibility index (Phi) is 8.13. The van der Waals surface area contributed by atoms with Crippen molar-refractivity contribution in [2.45, 2.75) is 39.4 Å². The number of halogens is 4. The molecule has 1 rings (SSSR count). The first-order chi connectivity index (χ1) is 13.2. The van der Waals surface area contributed by atoms with Gasteiger partial charge in [-0.05, 0) is 33.8 Å². The molecule has 0 saturated heterocycles. The number of pyridine rings is 1. The Morgan fingerprint density at radius 3 is 2.41 bits per heavy atom. The molecule has 1 heterocycles. The molecule has 0 unspecified atom stereocenters. The van der Waals surface area contributed by atoms with Crippen molar-refractivity contribution >= 4 is 29.4 Å². The highest BCUT2D eigenvalue weighted by Gasteiger charge is 2.32. The molecule has 0 saturated carbocycles. The quantitative estimate of drug-likeness (QED) is 0.359. The highest BCUT2D eigenvalue weighted by molar-refractivity contribution is 6.33. The summed E-state index contributed by atoms with van der Waals surface area (Å²) in [5.74, 6) is -0.913. The lowest BCUT2D eigenvalue weighted by Gasteiger charge is -2.25. The van der Waals surface area contributed by atoms with E-state index in [-0.39, 0.29) is 23.3 Å². The van der Waals surface area contributed by atoms with Gasteiger partial charge in [-0.2, -0.15) is 13.2 Å². The molecule has 1 aromatic heterocycles. The van der Waals surface area contributed by atoms with E-state index in [1.165, 1.54) is 7.05 Å². The first-order valence-corrected chi connectivity index (χ1v) is 8.81. The summed E-state index contributed by atoms with van der Waals surface area (Å²) in [4.78, 5) is 27.6. The van der Waals surface area contributed by atoms with Crippen molar-refractivity contribution in [1.29, 1.82) is 0 Å². The van der Waals surface area contributed by atoms with Gasteiger partial charge in [-0.25, -0.2) is 14.6 Å². The minimum Gasteiger partial charge on any atom is -0.463 e. The molecule has 162 valence electrons. The normalized spacial score (nSPS) is 12.2. The van der Waals surface area contributed by atoms with Gasteiger partial charge >= 0.3 is 18.2 Å². The maximum atomic E-state index is 12.8. The molecule has 0 radical (unpaired) electrons. The Morgan fingerprint density at radius 2 is 1.93 bits per heavy atom. The van der Waals surface area contributed by atoms with E-state index in [1.54, 1.807) is 27.7 Å². The van der Waals surface area contributed by atoms with Crippen molar-refractivity contribution in [2.24, 2.45) is 0 Å². The van der Waals surface area contributed by atoms with Gasteiger partial charge in [0.05, 0.1) is 23.3 Å². The molecule has 2 amide bonds. The molecule has 0 bridgehead atoms. The average Bonchev–Trinajstić information content (AvgIpc) is 2.51. The van der Waals surface area contributed by atoms with Crippen LogP contribution in [0.4, 0.5) is 23.8 Å². The van der Waals surface area contributed by atoms with Gasteiger partial charge in [0, 0.05) is 18.8 Å². The lowest BCUT2D eigenvalue weighted by atomic mass is 10.1. The number of urea groups is 1. The smallest absolute Gasteiger partial charge is 0.417 e. The second-order valence-electron chi connectivity index (χ2n) is 6.84. The predicted octanol–water partition coefficient (Wildman–Crippen LogP) is 3.20. The number of esters is 1. The van der Waals surface area contributed by atoms with Crippen LogP contribution in [0.2, 0.25) is 5.02 Å². The van der Waals surface area contributed by atoms with Crippen LogP contribution in [0, 0.1) is 0 Å². The number of alkyl halides is 3. The van der Waals surface area contributed by atoms with Crippen molar-refractivity contribution in [1.82, 2.24) is 21.0 Å². The molecule has 12 heteroatoms. The lowest BCUT2D eigenvalue weighted by molar-refractivity contribution is -0.138. The number of nitrogens with zero attached hydrogens (tertiary/aromatic N) is 2. The van der Waals surface area contributed by atoms with Gasteiger partial charge in [-0.3, -0.25) is 15.8 Å². The van der Waals surface area contributed by atoms with Gasteiger partial charge in [0.1, 0.15) is 5.82 Å². The van der Waals surface area contributed by atoms with Crippen molar-refractivity contribution < 1.29 is 27.5 Å². The number of carbonyl (C=O) groups is 2. The number of nitrogens with one attached hydrogen (secondary N) is 3. The van der Waals surface area contributed by atoms with E-state index < -0.39 is 29.3 Å². The Hall–Kier alpha value is -2.69. The van der Waals surface area contributed by atoms with E-state index >= 15 is 0 Å². The third-order valence-corrected chi connectivity index (χ3v) is 3.32. The van der Waals surface area contributed by atoms with E-state index in [4.69, 9.17) is 16.3 Å². The van der Waals surface area contributed by atoms with Crippen molar-refractivity contribution in [3.05, 3.63) is 34.7 Å². The maximum Gasteiger partial charge on any atom is 0.417 e. The van der Waals surface area contributed by atoms with Crippen LogP contribution in [0.25, 0.3) is 0 Å². The topological polar surface area (TPSA) is 95.6 Å². The molecule has 0 aromatic carbocycles. The molecule has 8 nitrogen and oxygen atoms in total. The molecule has 0 aliphatic heterocycles. The second kappa shape index (κ2) is 9.68. The number of rotatable bonds is 6. The molecule has 3 N–H and O–H groups in total. The first-order valence-electron chi connectivity index (χ1n) is 8.43. The molecule has 1 aromatic rings. The largest absolute Gasteiger partial charge is 0.463 e. The van der Waals surface area contributed by atoms with Crippen LogP contribution in [0.5, 0.6) is 0 Å². The monoisotopic (exact) mass is 437 g/mol. The Balaban J connectivity index is 3.06. The fraction of sp³-hybridized carbons (Fsp3) is 0.471. The SMILES string of the molecule is CCOC(=O)/C=C(/NC(=O)NC(C)(C)C)NN(C)c1ncc(C(F)(F)F)cc1Cl. The van der Waals surface area contributed by atoms with Gasteiger partial charge in [0.25, 0.3) is 0 Å². The van der Waals surface area contributed by atoms with Crippen molar-refractivity contribution in [2.75, 3.05) is 18.7 Å². The van der Waals surface area contributed by atoms with Gasteiger partial charge in [-0.1, -0.05) is 11.6 Å². The van der Waals surface area contributed by atoms with Gasteiger partial charge in [0.2, 0.25) is 0 Å². The van der Waals surface area contributed by atoms with Crippen molar-refractivity contribution in [3.63, 3.8) is 0 Å². The summed E-state index contributed by atoms with van der Waals surface area (Å²) in [5, 5.41) is 5.92. The second-order valence-corrected chi connectivity index (χ2v) is 7.24. The zero-order chi connectivity index (χ0) is 22.4. The minimum absolute atomic E-state index is 0.0625. The van der Waals surface area contributed by atoms with Crippen LogP contribution < -0.4 is 21.1 Å². The van der Waals surface area contributed by atoms with Crippen LogP contribution in [0.3, 0.4) is 0 Å². The number of ether oxygens (including phenoxy) is 1. The number of hydrogen-bond donors (Lipinski definition) is 3. The standard InChI is InChI=1S/C17H23ClF3N5O3/c1-6-29-13(27)8-12(23-15(28)24-16(2,3)4)25-26(5)14-11(18)7-10(9-22-14)17(19,20)21/h7-9,25H,6H2,1-5H3,(H2,23,24,28)/b12-8-. The fourth-order valence-corrected chi connectivity index (χ4v) is 2.25. The number of hydrogen-bond acceptors (Lipinski definition) is 6. The fourth-order valence-electron chi connectivity index (χ4n) is 1.96. The minimum atomic E-state index is -4.59. The third kappa shape index (κ3) is 8.46. The van der Waals surface area contributed by atoms with Gasteiger partial charge in [0.15, 0.2) is 5.82 Å². The summed E-state index contributed by atoms with van der Waals surface area (Å²) >= 11 is 5.91. The van der Waals surface area contributed by atoms with Gasteiger partial charge < -0.3 is 10.1 Å². The molecule has 0 aliphatic carbocycles. The summed E-state index contributed by atoms with van der Waals surface area (Å²) in [5.41, 5.74) is 1.07. The number of anilines is 1. The summed E-state index contributed by atoms with van der Waals surface area (Å²) < 4.78 is 43.1. The highest BCUT2D eigenvalue weighted by atomic mass is 35.5. The van der Waals surface area contributed by atoms with Crippen LogP contribution in [-0.2, 0) is 15.7 Å². The molecule has 29 heavy (non-hydrogen) atoms. The molecular weight excluding hydrogens is 415 g/mol. The van der Waals surface area contributed by atoms with Crippen LogP contribution in [-0.4, -0.2) is 36.2 Å². The van der Waals surface area contributed by atoms with Crippen LogP contribution >= 0.6 is 11.6 Å². The van der Waals surface area contributed by atoms with E-state index in [0.29, 0.717) is 6.20 Å².